The molecule has 0 aliphatic heterocycles. The Morgan fingerprint density at radius 2 is 2.25 bits per heavy atom. The maximum Gasteiger partial charge on any atom is 0.104 e. The maximum absolute atomic E-state index is 8.46. The molecule has 0 bridgehead atoms. The highest BCUT2D eigenvalue weighted by Crippen LogP contribution is 2.20. The first-order valence-electron chi connectivity index (χ1n) is 3.29. The van der Waals surface area contributed by atoms with Gasteiger partial charge in [0.25, 0.3) is 0 Å². The van der Waals surface area contributed by atoms with Gasteiger partial charge < -0.3 is 5.11 Å². The molecule has 1 rings (SSSR count). The van der Waals surface area contributed by atoms with Crippen LogP contribution in [0.15, 0.2) is 22.7 Å². The SMILES string of the molecule is OCC#Cc1ccc(Cl)cc1Br. The van der Waals surface area contributed by atoms with E-state index >= 15 is 0 Å². The van der Waals surface area contributed by atoms with Crippen LogP contribution in [0.2, 0.25) is 5.02 Å². The quantitative estimate of drug-likeness (QED) is 0.696. The first-order chi connectivity index (χ1) is 5.74. The Labute approximate surface area is 84.5 Å². The van der Waals surface area contributed by atoms with Crippen molar-refractivity contribution < 1.29 is 5.11 Å². The number of rotatable bonds is 0. The molecule has 62 valence electrons. The fourth-order valence-electron chi connectivity index (χ4n) is 0.726. The van der Waals surface area contributed by atoms with E-state index in [1.165, 1.54) is 0 Å². The predicted octanol–water partition coefficient (Wildman–Crippen LogP) is 2.45. The minimum atomic E-state index is -0.130. The van der Waals surface area contributed by atoms with E-state index in [0.29, 0.717) is 5.02 Å². The van der Waals surface area contributed by atoms with Crippen LogP contribution in [-0.4, -0.2) is 11.7 Å². The van der Waals surface area contributed by atoms with Crippen LogP contribution >= 0.6 is 27.5 Å². The van der Waals surface area contributed by atoms with Gasteiger partial charge in [0.05, 0.1) is 0 Å². The molecule has 1 N–H and O–H groups in total. The van der Waals surface area contributed by atoms with Crippen molar-refractivity contribution in [3.8, 4) is 11.8 Å². The van der Waals surface area contributed by atoms with E-state index in [0.717, 1.165) is 10.0 Å². The average Bonchev–Trinajstić information content (AvgIpc) is 2.03. The fourth-order valence-corrected chi connectivity index (χ4v) is 1.51. The molecule has 0 saturated carbocycles. The normalized spacial score (nSPS) is 8.92. The van der Waals surface area contributed by atoms with E-state index < -0.39 is 0 Å². The molecule has 3 heteroatoms. The third kappa shape index (κ3) is 2.53. The molecule has 0 aliphatic rings. The first kappa shape index (κ1) is 9.60. The average molecular weight is 246 g/mol. The van der Waals surface area contributed by atoms with Crippen LogP contribution in [0.25, 0.3) is 0 Å². The molecule has 0 atom stereocenters. The zero-order chi connectivity index (χ0) is 8.97. The molecule has 12 heavy (non-hydrogen) atoms. The van der Waals surface area contributed by atoms with Gasteiger partial charge in [-0.3, -0.25) is 0 Å². The number of aliphatic hydroxyl groups is 1. The minimum absolute atomic E-state index is 0.130. The summed E-state index contributed by atoms with van der Waals surface area (Å²) in [5.74, 6) is 5.34. The number of halogens is 2. The third-order valence-electron chi connectivity index (χ3n) is 1.23. The number of benzene rings is 1. The second-order valence-corrected chi connectivity index (χ2v) is 3.37. The molecule has 1 nitrogen and oxygen atoms in total. The maximum atomic E-state index is 8.46. The lowest BCUT2D eigenvalue weighted by atomic mass is 10.2. The lowest BCUT2D eigenvalue weighted by Gasteiger charge is -1.95. The zero-order valence-corrected chi connectivity index (χ0v) is 8.48. The van der Waals surface area contributed by atoms with E-state index in [4.69, 9.17) is 16.7 Å². The van der Waals surface area contributed by atoms with Gasteiger partial charge in [-0.05, 0) is 34.1 Å². The highest BCUT2D eigenvalue weighted by molar-refractivity contribution is 9.10. The molecule has 1 aromatic rings. The largest absolute Gasteiger partial charge is 0.384 e. The van der Waals surface area contributed by atoms with Gasteiger partial charge in [-0.15, -0.1) is 0 Å². The summed E-state index contributed by atoms with van der Waals surface area (Å²) in [6.45, 7) is -0.130. The molecule has 0 radical (unpaired) electrons. The van der Waals surface area contributed by atoms with Crippen LogP contribution in [-0.2, 0) is 0 Å². The molecule has 0 saturated heterocycles. The molecule has 0 heterocycles. The zero-order valence-electron chi connectivity index (χ0n) is 6.14. The van der Waals surface area contributed by atoms with Gasteiger partial charge >= 0.3 is 0 Å². The topological polar surface area (TPSA) is 20.2 Å². The first-order valence-corrected chi connectivity index (χ1v) is 4.46. The lowest BCUT2D eigenvalue weighted by molar-refractivity contribution is 0.350. The fraction of sp³-hybridized carbons (Fsp3) is 0.111. The molecule has 0 spiro atoms. The van der Waals surface area contributed by atoms with Gasteiger partial charge in [-0.25, -0.2) is 0 Å². The Kier molecular flexibility index (Phi) is 3.61. The van der Waals surface area contributed by atoms with E-state index in [2.05, 4.69) is 27.8 Å². The van der Waals surface area contributed by atoms with Crippen molar-refractivity contribution in [1.29, 1.82) is 0 Å². The van der Waals surface area contributed by atoms with Crippen LogP contribution in [0, 0.1) is 11.8 Å². The summed E-state index contributed by atoms with van der Waals surface area (Å²) in [5, 5.41) is 9.12. The Morgan fingerprint density at radius 1 is 1.50 bits per heavy atom. The molecule has 1 aromatic carbocycles. The molecular formula is C9H6BrClO. The Hall–Kier alpha value is -0.490. The van der Waals surface area contributed by atoms with Crippen molar-refractivity contribution in [1.82, 2.24) is 0 Å². The van der Waals surface area contributed by atoms with Gasteiger partial charge in [0.2, 0.25) is 0 Å². The lowest BCUT2D eigenvalue weighted by Crippen LogP contribution is -1.78. The summed E-state index contributed by atoms with van der Waals surface area (Å²) in [6.07, 6.45) is 0. The van der Waals surface area contributed by atoms with E-state index in [1.807, 2.05) is 0 Å². The summed E-state index contributed by atoms with van der Waals surface area (Å²) in [6, 6.07) is 5.33. The van der Waals surface area contributed by atoms with Crippen molar-refractivity contribution >= 4 is 27.5 Å². The predicted molar refractivity (Wildman–Crippen MR) is 53.1 cm³/mol. The molecule has 0 amide bonds. The van der Waals surface area contributed by atoms with Crippen molar-refractivity contribution in [2.24, 2.45) is 0 Å². The van der Waals surface area contributed by atoms with Crippen molar-refractivity contribution in [3.63, 3.8) is 0 Å². The monoisotopic (exact) mass is 244 g/mol. The highest BCUT2D eigenvalue weighted by Gasteiger charge is 1.95. The molecule has 0 fully saturated rings. The summed E-state index contributed by atoms with van der Waals surface area (Å²) < 4.78 is 0.843. The van der Waals surface area contributed by atoms with Crippen molar-refractivity contribution in [2.75, 3.05) is 6.61 Å². The van der Waals surface area contributed by atoms with Crippen LogP contribution < -0.4 is 0 Å². The number of hydrogen-bond donors (Lipinski definition) is 1. The van der Waals surface area contributed by atoms with Gasteiger partial charge in [-0.2, -0.15) is 0 Å². The summed E-state index contributed by atoms with van der Waals surface area (Å²) in [4.78, 5) is 0. The summed E-state index contributed by atoms with van der Waals surface area (Å²) in [5.41, 5.74) is 0.827. The van der Waals surface area contributed by atoms with Crippen LogP contribution in [0.1, 0.15) is 5.56 Å². The van der Waals surface area contributed by atoms with Crippen LogP contribution in [0.3, 0.4) is 0 Å². The second kappa shape index (κ2) is 4.51. The number of hydrogen-bond acceptors (Lipinski definition) is 1. The van der Waals surface area contributed by atoms with Gasteiger partial charge in [0.15, 0.2) is 0 Å². The van der Waals surface area contributed by atoms with Gasteiger partial charge in [0.1, 0.15) is 6.61 Å². The van der Waals surface area contributed by atoms with Gasteiger partial charge in [0, 0.05) is 15.1 Å². The van der Waals surface area contributed by atoms with Crippen molar-refractivity contribution in [3.05, 3.63) is 33.3 Å². The van der Waals surface area contributed by atoms with Crippen molar-refractivity contribution in [2.45, 2.75) is 0 Å². The molecule has 0 aliphatic carbocycles. The van der Waals surface area contributed by atoms with E-state index in [1.54, 1.807) is 18.2 Å². The molecule has 0 unspecified atom stereocenters. The standard InChI is InChI=1S/C9H6BrClO/c10-9-6-8(11)4-3-7(9)2-1-5-12/h3-4,6,12H,5H2. The van der Waals surface area contributed by atoms with Crippen LogP contribution in [0.5, 0.6) is 0 Å². The van der Waals surface area contributed by atoms with E-state index in [-0.39, 0.29) is 6.61 Å². The molecular weight excluding hydrogens is 239 g/mol. The second-order valence-electron chi connectivity index (χ2n) is 2.08. The summed E-state index contributed by atoms with van der Waals surface area (Å²) >= 11 is 9.03. The Morgan fingerprint density at radius 3 is 2.83 bits per heavy atom. The van der Waals surface area contributed by atoms with E-state index in [9.17, 15) is 0 Å². The Bertz CT molecular complexity index is 338. The summed E-state index contributed by atoms with van der Waals surface area (Å²) in [7, 11) is 0. The molecule has 0 aromatic heterocycles. The third-order valence-corrected chi connectivity index (χ3v) is 2.12. The van der Waals surface area contributed by atoms with Gasteiger partial charge in [-0.1, -0.05) is 23.4 Å². The Balaban J connectivity index is 3.01. The minimum Gasteiger partial charge on any atom is -0.384 e. The smallest absolute Gasteiger partial charge is 0.104 e. The highest BCUT2D eigenvalue weighted by atomic mass is 79.9. The van der Waals surface area contributed by atoms with Crippen LogP contribution in [0.4, 0.5) is 0 Å². The number of aliphatic hydroxyl groups excluding tert-OH is 1.